The Morgan fingerprint density at radius 3 is 2.76 bits per heavy atom. The molecule has 1 aromatic carbocycles. The second-order valence-corrected chi connectivity index (χ2v) is 5.19. The standard InChI is InChI=1S/C16H18O5/c1-10-5-3-2-4-6-12(17)7-11-8-13(18)9-14(19)15(11)16(20)21-10/h4,6,8-10,18-19H,2-3,5,7H2,1H3/b6-4+. The van der Waals surface area contributed by atoms with Gasteiger partial charge in [-0.1, -0.05) is 6.08 Å². The zero-order valence-corrected chi connectivity index (χ0v) is 11.8. The fourth-order valence-electron chi connectivity index (χ4n) is 2.33. The van der Waals surface area contributed by atoms with Gasteiger partial charge in [0.2, 0.25) is 0 Å². The molecular weight excluding hydrogens is 272 g/mol. The Kier molecular flexibility index (Phi) is 4.62. The SMILES string of the molecule is CC1CCC/C=C/C(=O)Cc2cc(O)cc(O)c2C(=O)O1. The summed E-state index contributed by atoms with van der Waals surface area (Å²) in [7, 11) is 0. The predicted octanol–water partition coefficient (Wildman–Crippen LogP) is 2.49. The summed E-state index contributed by atoms with van der Waals surface area (Å²) in [5, 5.41) is 19.4. The van der Waals surface area contributed by atoms with E-state index in [1.54, 1.807) is 13.0 Å². The topological polar surface area (TPSA) is 83.8 Å². The summed E-state index contributed by atoms with van der Waals surface area (Å²) in [6.45, 7) is 1.79. The lowest BCUT2D eigenvalue weighted by Gasteiger charge is -2.16. The molecule has 0 fully saturated rings. The van der Waals surface area contributed by atoms with E-state index < -0.39 is 5.97 Å². The highest BCUT2D eigenvalue weighted by molar-refractivity contribution is 5.98. The first-order valence-corrected chi connectivity index (χ1v) is 6.92. The molecule has 1 aromatic rings. The maximum atomic E-state index is 12.2. The number of allylic oxidation sites excluding steroid dienone is 2. The molecule has 1 aliphatic rings. The van der Waals surface area contributed by atoms with Crippen molar-refractivity contribution in [3.05, 3.63) is 35.4 Å². The van der Waals surface area contributed by atoms with E-state index in [2.05, 4.69) is 0 Å². The minimum Gasteiger partial charge on any atom is -0.508 e. The Morgan fingerprint density at radius 2 is 2.00 bits per heavy atom. The number of ketones is 1. The van der Waals surface area contributed by atoms with Gasteiger partial charge in [0.25, 0.3) is 0 Å². The molecule has 1 heterocycles. The number of fused-ring (bicyclic) bond motifs is 1. The number of hydrogen-bond donors (Lipinski definition) is 2. The Balaban J connectivity index is 2.44. The summed E-state index contributed by atoms with van der Waals surface area (Å²) in [6.07, 6.45) is 5.15. The van der Waals surface area contributed by atoms with Gasteiger partial charge in [0, 0.05) is 12.5 Å². The number of phenolic OH excluding ortho intramolecular Hbond substituents is 2. The van der Waals surface area contributed by atoms with E-state index in [9.17, 15) is 19.8 Å². The number of phenols is 2. The molecule has 0 aromatic heterocycles. The third-order valence-electron chi connectivity index (χ3n) is 3.35. The summed E-state index contributed by atoms with van der Waals surface area (Å²) >= 11 is 0. The number of esters is 1. The van der Waals surface area contributed by atoms with Gasteiger partial charge in [0.05, 0.1) is 6.10 Å². The summed E-state index contributed by atoms with van der Waals surface area (Å²) in [6, 6.07) is 2.37. The van der Waals surface area contributed by atoms with E-state index in [0.717, 1.165) is 18.9 Å². The molecule has 0 amide bonds. The van der Waals surface area contributed by atoms with Crippen molar-refractivity contribution in [2.24, 2.45) is 0 Å². The van der Waals surface area contributed by atoms with Crippen molar-refractivity contribution in [3.8, 4) is 11.5 Å². The number of aromatic hydroxyl groups is 2. The maximum Gasteiger partial charge on any atom is 0.342 e. The van der Waals surface area contributed by atoms with Crippen molar-refractivity contribution in [2.75, 3.05) is 0 Å². The number of carbonyl (C=O) groups excluding carboxylic acids is 2. The molecule has 5 heteroatoms. The Bertz CT molecular complexity index is 589. The summed E-state index contributed by atoms with van der Waals surface area (Å²) in [4.78, 5) is 24.0. The minimum atomic E-state index is -0.674. The molecule has 1 aliphatic heterocycles. The zero-order chi connectivity index (χ0) is 15.4. The van der Waals surface area contributed by atoms with Gasteiger partial charge in [-0.3, -0.25) is 4.79 Å². The first-order valence-electron chi connectivity index (χ1n) is 6.92. The number of cyclic esters (lactones) is 1. The molecule has 112 valence electrons. The van der Waals surface area contributed by atoms with Crippen LogP contribution in [0, 0.1) is 0 Å². The number of benzene rings is 1. The molecule has 0 spiro atoms. The van der Waals surface area contributed by atoms with Crippen LogP contribution in [0.5, 0.6) is 11.5 Å². The first-order chi connectivity index (χ1) is 9.97. The Morgan fingerprint density at radius 1 is 1.24 bits per heavy atom. The van der Waals surface area contributed by atoms with Crippen LogP contribution >= 0.6 is 0 Å². The number of carbonyl (C=O) groups is 2. The van der Waals surface area contributed by atoms with E-state index in [4.69, 9.17) is 4.74 Å². The van der Waals surface area contributed by atoms with Crippen LogP contribution in [0.25, 0.3) is 0 Å². The summed E-state index contributed by atoms with van der Waals surface area (Å²) < 4.78 is 5.29. The highest BCUT2D eigenvalue weighted by atomic mass is 16.5. The summed E-state index contributed by atoms with van der Waals surface area (Å²) in [5.74, 6) is -1.44. The van der Waals surface area contributed by atoms with Gasteiger partial charge in [-0.05, 0) is 43.9 Å². The van der Waals surface area contributed by atoms with Crippen molar-refractivity contribution in [1.82, 2.24) is 0 Å². The molecule has 0 bridgehead atoms. The van der Waals surface area contributed by atoms with Crippen LogP contribution in [0.2, 0.25) is 0 Å². The number of rotatable bonds is 0. The second-order valence-electron chi connectivity index (χ2n) is 5.19. The normalized spacial score (nSPS) is 21.7. The second kappa shape index (κ2) is 6.43. The Labute approximate surface area is 122 Å². The smallest absolute Gasteiger partial charge is 0.342 e. The van der Waals surface area contributed by atoms with Crippen LogP contribution in [0.1, 0.15) is 42.1 Å². The molecule has 1 atom stereocenters. The molecule has 2 N–H and O–H groups in total. The van der Waals surface area contributed by atoms with Crippen LogP contribution in [0.4, 0.5) is 0 Å². The van der Waals surface area contributed by atoms with E-state index >= 15 is 0 Å². The van der Waals surface area contributed by atoms with Gasteiger partial charge in [-0.2, -0.15) is 0 Å². The minimum absolute atomic E-state index is 0.0537. The maximum absolute atomic E-state index is 12.2. The highest BCUT2D eigenvalue weighted by Crippen LogP contribution is 2.29. The van der Waals surface area contributed by atoms with E-state index in [1.807, 2.05) is 0 Å². The van der Waals surface area contributed by atoms with E-state index in [-0.39, 0.29) is 40.9 Å². The fraction of sp³-hybridized carbons (Fsp3) is 0.375. The van der Waals surface area contributed by atoms with Crippen molar-refractivity contribution in [1.29, 1.82) is 0 Å². The van der Waals surface area contributed by atoms with Gasteiger partial charge in [-0.25, -0.2) is 4.79 Å². The molecule has 0 aliphatic carbocycles. The van der Waals surface area contributed by atoms with Crippen molar-refractivity contribution < 1.29 is 24.5 Å². The van der Waals surface area contributed by atoms with Gasteiger partial charge in [0.1, 0.15) is 17.1 Å². The molecule has 0 radical (unpaired) electrons. The fourth-order valence-corrected chi connectivity index (χ4v) is 2.33. The molecule has 1 unspecified atom stereocenters. The molecule has 2 rings (SSSR count). The molecular formula is C16H18O5. The quantitative estimate of drug-likeness (QED) is 0.717. The molecule has 0 saturated heterocycles. The largest absolute Gasteiger partial charge is 0.508 e. The third-order valence-corrected chi connectivity index (χ3v) is 3.35. The molecule has 5 nitrogen and oxygen atoms in total. The van der Waals surface area contributed by atoms with Gasteiger partial charge >= 0.3 is 5.97 Å². The van der Waals surface area contributed by atoms with Crippen LogP contribution < -0.4 is 0 Å². The van der Waals surface area contributed by atoms with E-state index in [1.165, 1.54) is 12.1 Å². The van der Waals surface area contributed by atoms with Gasteiger partial charge in [-0.15, -0.1) is 0 Å². The highest BCUT2D eigenvalue weighted by Gasteiger charge is 2.22. The van der Waals surface area contributed by atoms with Crippen LogP contribution in [-0.4, -0.2) is 28.1 Å². The molecule has 21 heavy (non-hydrogen) atoms. The molecule has 0 saturated carbocycles. The third kappa shape index (κ3) is 3.84. The lowest BCUT2D eigenvalue weighted by atomic mass is 9.99. The van der Waals surface area contributed by atoms with Crippen molar-refractivity contribution in [3.63, 3.8) is 0 Å². The zero-order valence-electron chi connectivity index (χ0n) is 11.8. The van der Waals surface area contributed by atoms with Crippen molar-refractivity contribution >= 4 is 11.8 Å². The average Bonchev–Trinajstić information content (AvgIpc) is 2.35. The monoisotopic (exact) mass is 290 g/mol. The summed E-state index contributed by atoms with van der Waals surface area (Å²) in [5.41, 5.74) is 0.210. The van der Waals surface area contributed by atoms with Crippen LogP contribution in [0.3, 0.4) is 0 Å². The van der Waals surface area contributed by atoms with Gasteiger partial charge < -0.3 is 14.9 Å². The van der Waals surface area contributed by atoms with Crippen molar-refractivity contribution in [2.45, 2.75) is 38.7 Å². The van der Waals surface area contributed by atoms with Crippen LogP contribution in [0.15, 0.2) is 24.3 Å². The Hall–Kier alpha value is -2.30. The first kappa shape index (κ1) is 15.1. The predicted molar refractivity (Wildman–Crippen MR) is 76.4 cm³/mol. The number of ether oxygens (including phenoxy) is 1. The number of hydrogen-bond acceptors (Lipinski definition) is 5. The lowest BCUT2D eigenvalue weighted by molar-refractivity contribution is -0.114. The lowest BCUT2D eigenvalue weighted by Crippen LogP contribution is -2.18. The van der Waals surface area contributed by atoms with E-state index in [0.29, 0.717) is 6.42 Å². The van der Waals surface area contributed by atoms with Gasteiger partial charge in [0.15, 0.2) is 5.78 Å². The van der Waals surface area contributed by atoms with Crippen LogP contribution in [-0.2, 0) is 16.0 Å². The average molecular weight is 290 g/mol.